The average molecular weight is 373 g/mol. The summed E-state index contributed by atoms with van der Waals surface area (Å²) in [6, 6.07) is 14.3. The molecule has 0 N–H and O–H groups in total. The van der Waals surface area contributed by atoms with E-state index in [1.165, 1.54) is 16.7 Å². The van der Waals surface area contributed by atoms with E-state index < -0.39 is 10.0 Å². The predicted octanol–water partition coefficient (Wildman–Crippen LogP) is 3.26. The van der Waals surface area contributed by atoms with Gasteiger partial charge < -0.3 is 0 Å². The van der Waals surface area contributed by atoms with Crippen molar-refractivity contribution < 1.29 is 8.42 Å². The second kappa shape index (κ2) is 7.91. The number of hydrogen-bond acceptors (Lipinski definition) is 3. The second-order valence-corrected chi connectivity index (χ2v) is 9.32. The lowest BCUT2D eigenvalue weighted by molar-refractivity contribution is 0.181. The highest BCUT2D eigenvalue weighted by atomic mass is 32.2. The minimum Gasteiger partial charge on any atom is -0.296 e. The number of benzene rings is 2. The van der Waals surface area contributed by atoms with Gasteiger partial charge in [0, 0.05) is 32.7 Å². The molecule has 1 aliphatic heterocycles. The van der Waals surface area contributed by atoms with Crippen LogP contribution in [0.3, 0.4) is 0 Å². The van der Waals surface area contributed by atoms with Gasteiger partial charge in [0.05, 0.1) is 5.75 Å². The molecule has 0 amide bonds. The Morgan fingerprint density at radius 1 is 0.846 bits per heavy atom. The van der Waals surface area contributed by atoms with Crippen molar-refractivity contribution in [3.05, 3.63) is 70.3 Å². The van der Waals surface area contributed by atoms with E-state index in [1.807, 2.05) is 31.2 Å². The Kier molecular flexibility index (Phi) is 5.80. The van der Waals surface area contributed by atoms with Gasteiger partial charge >= 0.3 is 0 Å². The van der Waals surface area contributed by atoms with Gasteiger partial charge in [-0.2, -0.15) is 4.31 Å². The molecule has 1 aliphatic rings. The fraction of sp³-hybridized carbons (Fsp3) is 0.429. The van der Waals surface area contributed by atoms with Gasteiger partial charge in [-0.1, -0.05) is 53.6 Å². The molecule has 0 radical (unpaired) electrons. The first-order chi connectivity index (χ1) is 12.3. The van der Waals surface area contributed by atoms with Crippen LogP contribution in [0.5, 0.6) is 0 Å². The molecule has 0 saturated carbocycles. The molecule has 4 nitrogen and oxygen atoms in total. The van der Waals surface area contributed by atoms with Crippen LogP contribution >= 0.6 is 0 Å². The van der Waals surface area contributed by atoms with Gasteiger partial charge in [0.2, 0.25) is 10.0 Å². The van der Waals surface area contributed by atoms with Crippen molar-refractivity contribution in [2.45, 2.75) is 33.1 Å². The molecule has 0 unspecified atom stereocenters. The third-order valence-electron chi connectivity index (χ3n) is 5.09. The molecule has 1 saturated heterocycles. The third-order valence-corrected chi connectivity index (χ3v) is 6.94. The summed E-state index contributed by atoms with van der Waals surface area (Å²) in [6.45, 7) is 9.83. The van der Waals surface area contributed by atoms with Gasteiger partial charge in [-0.25, -0.2) is 8.42 Å². The molecule has 2 aromatic rings. The fourth-order valence-corrected chi connectivity index (χ4v) is 4.88. The molecule has 1 fully saturated rings. The lowest BCUT2D eigenvalue weighted by atomic mass is 10.1. The molecule has 0 aliphatic carbocycles. The smallest absolute Gasteiger partial charge is 0.218 e. The predicted molar refractivity (Wildman–Crippen MR) is 107 cm³/mol. The average Bonchev–Trinajstić information content (AvgIpc) is 2.60. The van der Waals surface area contributed by atoms with Crippen molar-refractivity contribution in [2.75, 3.05) is 26.2 Å². The number of piperazine rings is 1. The number of sulfonamides is 1. The van der Waals surface area contributed by atoms with Gasteiger partial charge in [0.15, 0.2) is 0 Å². The Morgan fingerprint density at radius 3 is 2.12 bits per heavy atom. The number of rotatable bonds is 5. The molecule has 5 heteroatoms. The summed E-state index contributed by atoms with van der Waals surface area (Å²) in [5.74, 6) is 0.0876. The summed E-state index contributed by atoms with van der Waals surface area (Å²) in [5.41, 5.74) is 5.90. The van der Waals surface area contributed by atoms with E-state index in [9.17, 15) is 8.42 Å². The zero-order chi connectivity index (χ0) is 18.7. The van der Waals surface area contributed by atoms with Crippen molar-refractivity contribution in [1.82, 2.24) is 9.21 Å². The topological polar surface area (TPSA) is 40.6 Å². The first kappa shape index (κ1) is 19.1. The minimum absolute atomic E-state index is 0.0876. The highest BCUT2D eigenvalue weighted by Crippen LogP contribution is 2.18. The maximum atomic E-state index is 12.7. The number of hydrogen-bond donors (Lipinski definition) is 0. The normalized spacial score (nSPS) is 16.7. The van der Waals surface area contributed by atoms with Crippen LogP contribution in [0.15, 0.2) is 42.5 Å². The number of nitrogens with zero attached hydrogens (tertiary/aromatic N) is 2. The molecule has 26 heavy (non-hydrogen) atoms. The zero-order valence-corrected chi connectivity index (χ0v) is 16.7. The van der Waals surface area contributed by atoms with Crippen molar-refractivity contribution in [2.24, 2.45) is 0 Å². The molecule has 0 atom stereocenters. The summed E-state index contributed by atoms with van der Waals surface area (Å²) in [7, 11) is -3.25. The van der Waals surface area contributed by atoms with Crippen molar-refractivity contribution in [3.63, 3.8) is 0 Å². The van der Waals surface area contributed by atoms with Crippen molar-refractivity contribution >= 4 is 10.0 Å². The van der Waals surface area contributed by atoms with Crippen LogP contribution in [0.4, 0.5) is 0 Å². The van der Waals surface area contributed by atoms with E-state index in [2.05, 4.69) is 36.9 Å². The van der Waals surface area contributed by atoms with E-state index in [1.54, 1.807) is 4.31 Å². The Morgan fingerprint density at radius 2 is 1.46 bits per heavy atom. The van der Waals surface area contributed by atoms with Crippen LogP contribution in [0.1, 0.15) is 27.8 Å². The molecule has 1 heterocycles. The Labute approximate surface area is 157 Å². The molecule has 140 valence electrons. The molecule has 0 aromatic heterocycles. The van der Waals surface area contributed by atoms with Gasteiger partial charge in [-0.3, -0.25) is 4.90 Å². The standard InChI is InChI=1S/C21H28N2O2S/c1-17-5-8-20(9-6-17)16-26(24,25)23-12-10-22(11-13-23)15-21-14-18(2)4-7-19(21)3/h4-9,14H,10-13,15-16H2,1-3H3. The molecule has 2 aromatic carbocycles. The van der Waals surface area contributed by atoms with Crippen LogP contribution in [0, 0.1) is 20.8 Å². The largest absolute Gasteiger partial charge is 0.296 e. The van der Waals surface area contributed by atoms with E-state index in [0.717, 1.165) is 30.8 Å². The number of aryl methyl sites for hydroxylation is 3. The van der Waals surface area contributed by atoms with Gasteiger partial charge in [0.1, 0.15) is 0 Å². The van der Waals surface area contributed by atoms with E-state index >= 15 is 0 Å². The van der Waals surface area contributed by atoms with Crippen LogP contribution in [0.2, 0.25) is 0 Å². The van der Waals surface area contributed by atoms with E-state index in [-0.39, 0.29) is 5.75 Å². The van der Waals surface area contributed by atoms with Crippen molar-refractivity contribution in [3.8, 4) is 0 Å². The Balaban J connectivity index is 1.58. The van der Waals surface area contributed by atoms with Crippen molar-refractivity contribution in [1.29, 1.82) is 0 Å². The minimum atomic E-state index is -3.25. The van der Waals surface area contributed by atoms with Crippen LogP contribution in [-0.4, -0.2) is 43.8 Å². The van der Waals surface area contributed by atoms with Gasteiger partial charge in [-0.15, -0.1) is 0 Å². The first-order valence-corrected chi connectivity index (χ1v) is 10.8. The Hall–Kier alpha value is -1.69. The summed E-state index contributed by atoms with van der Waals surface area (Å²) >= 11 is 0. The SMILES string of the molecule is Cc1ccc(CS(=O)(=O)N2CCN(Cc3cc(C)ccc3C)CC2)cc1. The maximum absolute atomic E-state index is 12.7. The van der Waals surface area contributed by atoms with Gasteiger partial charge in [0.25, 0.3) is 0 Å². The summed E-state index contributed by atoms with van der Waals surface area (Å²) in [6.07, 6.45) is 0. The van der Waals surface area contributed by atoms with Crippen LogP contribution in [-0.2, 0) is 22.3 Å². The summed E-state index contributed by atoms with van der Waals surface area (Å²) < 4.78 is 27.1. The Bertz CT molecular complexity index is 852. The van der Waals surface area contributed by atoms with Crippen LogP contribution < -0.4 is 0 Å². The van der Waals surface area contributed by atoms with E-state index in [4.69, 9.17) is 0 Å². The van der Waals surface area contributed by atoms with E-state index in [0.29, 0.717) is 13.1 Å². The monoisotopic (exact) mass is 372 g/mol. The lowest BCUT2D eigenvalue weighted by Gasteiger charge is -2.34. The molecule has 0 bridgehead atoms. The highest BCUT2D eigenvalue weighted by molar-refractivity contribution is 7.88. The summed E-state index contributed by atoms with van der Waals surface area (Å²) in [5, 5.41) is 0. The summed E-state index contributed by atoms with van der Waals surface area (Å²) in [4.78, 5) is 2.35. The van der Waals surface area contributed by atoms with Crippen LogP contribution in [0.25, 0.3) is 0 Å². The quantitative estimate of drug-likeness (QED) is 0.809. The first-order valence-electron chi connectivity index (χ1n) is 9.15. The van der Waals surface area contributed by atoms with Gasteiger partial charge in [-0.05, 0) is 37.5 Å². The second-order valence-electron chi connectivity index (χ2n) is 7.35. The fourth-order valence-electron chi connectivity index (χ4n) is 3.36. The molecule has 0 spiro atoms. The third kappa shape index (κ3) is 4.72. The molecular weight excluding hydrogens is 344 g/mol. The highest BCUT2D eigenvalue weighted by Gasteiger charge is 2.27. The zero-order valence-electron chi connectivity index (χ0n) is 15.9. The lowest BCUT2D eigenvalue weighted by Crippen LogP contribution is -2.48. The molecular formula is C21H28N2O2S. The maximum Gasteiger partial charge on any atom is 0.218 e. The molecule has 3 rings (SSSR count).